The van der Waals surface area contributed by atoms with E-state index in [-0.39, 0.29) is 16.6 Å². The lowest BCUT2D eigenvalue weighted by Gasteiger charge is -2.31. The van der Waals surface area contributed by atoms with Crippen molar-refractivity contribution in [2.24, 2.45) is 0 Å². The summed E-state index contributed by atoms with van der Waals surface area (Å²) < 4.78 is 1.77. The summed E-state index contributed by atoms with van der Waals surface area (Å²) in [5.74, 6) is 1.35. The van der Waals surface area contributed by atoms with Crippen molar-refractivity contribution in [3.8, 4) is 0 Å². The highest BCUT2D eigenvalue weighted by Crippen LogP contribution is 2.36. The number of halogens is 1. The second-order valence-corrected chi connectivity index (χ2v) is 6.03. The molecule has 1 heterocycles. The molecule has 1 aliphatic carbocycles. The second kappa shape index (κ2) is 5.06. The minimum Gasteiger partial charge on any atom is -0.296 e. The highest BCUT2D eigenvalue weighted by Gasteiger charge is 2.27. The van der Waals surface area contributed by atoms with Crippen LogP contribution in [0.25, 0.3) is 0 Å². The number of aromatic nitrogens is 2. The Morgan fingerprint density at radius 3 is 2.85 bits per heavy atom. The Labute approximate surface area is 123 Å². The van der Waals surface area contributed by atoms with Gasteiger partial charge in [0, 0.05) is 24.4 Å². The molecule has 0 aliphatic heterocycles. The summed E-state index contributed by atoms with van der Waals surface area (Å²) in [4.78, 5) is 16.5. The first-order valence-corrected chi connectivity index (χ1v) is 7.29. The average molecular weight is 289 g/mol. The van der Waals surface area contributed by atoms with Crippen molar-refractivity contribution in [2.45, 2.75) is 38.6 Å². The molecular weight excluding hydrogens is 272 g/mol. The minimum atomic E-state index is -0.0573. The van der Waals surface area contributed by atoms with Crippen molar-refractivity contribution in [3.63, 3.8) is 0 Å². The van der Waals surface area contributed by atoms with Gasteiger partial charge < -0.3 is 0 Å². The van der Waals surface area contributed by atoms with Gasteiger partial charge in [0.25, 0.3) is 5.56 Å². The van der Waals surface area contributed by atoms with Crippen LogP contribution in [0.1, 0.15) is 42.6 Å². The standard InChI is InChI=1S/C16H17ClN2O/c1-10(2)16-18-14(17)8-15(20)19(16)9-12-7-11-5-3-4-6-13(11)12/h3-6,8,10,12H,7,9H2,1-2H3. The molecule has 3 rings (SSSR count). The van der Waals surface area contributed by atoms with Gasteiger partial charge in [0.15, 0.2) is 0 Å². The summed E-state index contributed by atoms with van der Waals surface area (Å²) in [6.45, 7) is 4.75. The zero-order valence-electron chi connectivity index (χ0n) is 11.6. The molecule has 3 nitrogen and oxygen atoms in total. The van der Waals surface area contributed by atoms with E-state index in [4.69, 9.17) is 11.6 Å². The van der Waals surface area contributed by atoms with Gasteiger partial charge in [0.2, 0.25) is 0 Å². The zero-order chi connectivity index (χ0) is 14.3. The Balaban J connectivity index is 1.95. The smallest absolute Gasteiger partial charge is 0.255 e. The summed E-state index contributed by atoms with van der Waals surface area (Å²) in [6, 6.07) is 9.81. The molecular formula is C16H17ClN2O. The number of fused-ring (bicyclic) bond motifs is 1. The number of hydrogen-bond donors (Lipinski definition) is 0. The molecule has 0 saturated carbocycles. The lowest BCUT2D eigenvalue weighted by molar-refractivity contribution is 0.470. The van der Waals surface area contributed by atoms with Gasteiger partial charge in [-0.1, -0.05) is 49.7 Å². The fourth-order valence-corrected chi connectivity index (χ4v) is 3.04. The molecule has 0 fully saturated rings. The van der Waals surface area contributed by atoms with Crippen molar-refractivity contribution in [3.05, 3.63) is 62.8 Å². The SMILES string of the molecule is CC(C)c1nc(Cl)cc(=O)n1CC1Cc2ccccc21. The van der Waals surface area contributed by atoms with Gasteiger partial charge in [0.05, 0.1) is 0 Å². The molecule has 0 bridgehead atoms. The molecule has 1 aromatic heterocycles. The van der Waals surface area contributed by atoms with E-state index in [0.717, 1.165) is 12.2 Å². The maximum Gasteiger partial charge on any atom is 0.255 e. The fraction of sp³-hybridized carbons (Fsp3) is 0.375. The monoisotopic (exact) mass is 288 g/mol. The zero-order valence-corrected chi connectivity index (χ0v) is 12.4. The van der Waals surface area contributed by atoms with Crippen LogP contribution < -0.4 is 5.56 Å². The van der Waals surface area contributed by atoms with Crippen LogP contribution in [0.3, 0.4) is 0 Å². The molecule has 20 heavy (non-hydrogen) atoms. The van der Waals surface area contributed by atoms with E-state index in [1.165, 1.54) is 17.2 Å². The van der Waals surface area contributed by atoms with Gasteiger partial charge >= 0.3 is 0 Å². The predicted octanol–water partition coefficient (Wildman–Crippen LogP) is 3.36. The average Bonchev–Trinajstić information content (AvgIpc) is 2.37. The van der Waals surface area contributed by atoms with Gasteiger partial charge in [-0.15, -0.1) is 0 Å². The van der Waals surface area contributed by atoms with Crippen LogP contribution in [0.4, 0.5) is 0 Å². The number of rotatable bonds is 3. The lowest BCUT2D eigenvalue weighted by atomic mass is 9.77. The van der Waals surface area contributed by atoms with E-state index in [1.54, 1.807) is 4.57 Å². The third-order valence-electron chi connectivity index (χ3n) is 3.89. The molecule has 0 amide bonds. The van der Waals surface area contributed by atoms with Crippen molar-refractivity contribution < 1.29 is 0 Å². The fourth-order valence-electron chi connectivity index (χ4n) is 2.87. The van der Waals surface area contributed by atoms with Gasteiger partial charge in [-0.2, -0.15) is 0 Å². The molecule has 0 radical (unpaired) electrons. The normalized spacial score (nSPS) is 16.9. The van der Waals surface area contributed by atoms with Gasteiger partial charge in [-0.05, 0) is 17.5 Å². The number of hydrogen-bond acceptors (Lipinski definition) is 2. The van der Waals surface area contributed by atoms with E-state index in [9.17, 15) is 4.79 Å². The Hall–Kier alpha value is -1.61. The van der Waals surface area contributed by atoms with Crippen LogP contribution in [0.2, 0.25) is 5.15 Å². The largest absolute Gasteiger partial charge is 0.296 e. The van der Waals surface area contributed by atoms with Gasteiger partial charge in [0.1, 0.15) is 11.0 Å². The molecule has 104 valence electrons. The Kier molecular flexibility index (Phi) is 3.38. The summed E-state index contributed by atoms with van der Waals surface area (Å²) in [5.41, 5.74) is 2.68. The quantitative estimate of drug-likeness (QED) is 0.812. The van der Waals surface area contributed by atoms with Crippen molar-refractivity contribution in [1.29, 1.82) is 0 Å². The highest BCUT2D eigenvalue weighted by molar-refractivity contribution is 6.29. The number of nitrogens with zero attached hydrogens (tertiary/aromatic N) is 2. The molecule has 0 saturated heterocycles. The molecule has 1 aromatic carbocycles. The van der Waals surface area contributed by atoms with E-state index in [2.05, 4.69) is 29.2 Å². The number of benzene rings is 1. The Morgan fingerprint density at radius 1 is 1.40 bits per heavy atom. The van der Waals surface area contributed by atoms with E-state index < -0.39 is 0 Å². The third-order valence-corrected chi connectivity index (χ3v) is 4.08. The summed E-state index contributed by atoms with van der Waals surface area (Å²) in [5, 5.41) is 0.281. The Morgan fingerprint density at radius 2 is 2.15 bits per heavy atom. The molecule has 4 heteroatoms. The van der Waals surface area contributed by atoms with Crippen molar-refractivity contribution >= 4 is 11.6 Å². The van der Waals surface area contributed by atoms with Gasteiger partial charge in [-0.25, -0.2) is 4.98 Å². The van der Waals surface area contributed by atoms with Crippen molar-refractivity contribution in [2.75, 3.05) is 0 Å². The summed E-state index contributed by atoms with van der Waals surface area (Å²) in [7, 11) is 0. The topological polar surface area (TPSA) is 34.9 Å². The molecule has 1 atom stereocenters. The summed E-state index contributed by atoms with van der Waals surface area (Å²) in [6.07, 6.45) is 1.03. The first-order valence-electron chi connectivity index (χ1n) is 6.91. The van der Waals surface area contributed by atoms with Crippen LogP contribution in [0.15, 0.2) is 35.1 Å². The van der Waals surface area contributed by atoms with Crippen LogP contribution in [0.5, 0.6) is 0 Å². The maximum atomic E-state index is 12.2. The van der Waals surface area contributed by atoms with Gasteiger partial charge in [-0.3, -0.25) is 9.36 Å². The predicted molar refractivity (Wildman–Crippen MR) is 80.5 cm³/mol. The molecule has 2 aromatic rings. The van der Waals surface area contributed by atoms with E-state index in [0.29, 0.717) is 12.5 Å². The van der Waals surface area contributed by atoms with Crippen molar-refractivity contribution in [1.82, 2.24) is 9.55 Å². The van der Waals surface area contributed by atoms with Crippen LogP contribution in [0, 0.1) is 0 Å². The van der Waals surface area contributed by atoms with Crippen LogP contribution >= 0.6 is 11.6 Å². The molecule has 1 aliphatic rings. The van der Waals surface area contributed by atoms with Crippen LogP contribution in [-0.4, -0.2) is 9.55 Å². The first kappa shape index (κ1) is 13.4. The van der Waals surface area contributed by atoms with Crippen LogP contribution in [-0.2, 0) is 13.0 Å². The lowest BCUT2D eigenvalue weighted by Crippen LogP contribution is -2.31. The van der Waals surface area contributed by atoms with E-state index in [1.807, 2.05) is 13.8 Å². The molecule has 0 spiro atoms. The summed E-state index contributed by atoms with van der Waals surface area (Å²) >= 11 is 5.91. The van der Waals surface area contributed by atoms with E-state index >= 15 is 0 Å². The first-order chi connectivity index (χ1) is 9.56. The molecule has 0 N–H and O–H groups in total. The second-order valence-electron chi connectivity index (χ2n) is 5.64. The Bertz CT molecular complexity index is 706. The maximum absolute atomic E-state index is 12.2. The third kappa shape index (κ3) is 2.27. The molecule has 1 unspecified atom stereocenters. The highest BCUT2D eigenvalue weighted by atomic mass is 35.5. The minimum absolute atomic E-state index is 0.0573.